The van der Waals surface area contributed by atoms with Gasteiger partial charge in [0.1, 0.15) is 6.33 Å². The zero-order valence-electron chi connectivity index (χ0n) is 10.9. The van der Waals surface area contributed by atoms with Gasteiger partial charge >= 0.3 is 6.09 Å². The maximum absolute atomic E-state index is 14.2. The van der Waals surface area contributed by atoms with Crippen LogP contribution in [0.5, 0.6) is 0 Å². The normalized spacial score (nSPS) is 16.8. The summed E-state index contributed by atoms with van der Waals surface area (Å²) in [5.74, 6) is -0.425. The van der Waals surface area contributed by atoms with Crippen molar-refractivity contribution in [3.05, 3.63) is 18.6 Å². The lowest BCUT2D eigenvalue weighted by molar-refractivity contribution is 0.199. The third kappa shape index (κ3) is 3.87. The standard InChI is InChI=1S/C12H16FN5O2/c13-18(10-6-7-14-8-15-10)11(17-12(19)20)16-9-4-2-1-3-5-9/h6-9H,1-5H2,(H,16,17)(H,19,20). The highest BCUT2D eigenvalue weighted by Crippen LogP contribution is 2.21. The summed E-state index contributed by atoms with van der Waals surface area (Å²) in [6, 6.07) is 1.27. The van der Waals surface area contributed by atoms with Gasteiger partial charge in [-0.2, -0.15) is 0 Å². The molecule has 1 amide bonds. The Kier molecular flexibility index (Phi) is 4.80. The lowest BCUT2D eigenvalue weighted by Gasteiger charge is -2.21. The Morgan fingerprint density at radius 1 is 1.45 bits per heavy atom. The number of nitrogens with zero attached hydrogens (tertiary/aromatic N) is 4. The first-order valence-corrected chi connectivity index (χ1v) is 6.46. The topological polar surface area (TPSA) is 90.7 Å². The van der Waals surface area contributed by atoms with E-state index in [1.54, 1.807) is 0 Å². The Bertz CT molecular complexity index is 476. The van der Waals surface area contributed by atoms with Crippen LogP contribution < -0.4 is 10.4 Å². The van der Waals surface area contributed by atoms with Gasteiger partial charge in [0, 0.05) is 12.3 Å². The minimum atomic E-state index is -1.36. The molecule has 0 radical (unpaired) electrons. The van der Waals surface area contributed by atoms with E-state index < -0.39 is 6.09 Å². The number of anilines is 1. The maximum atomic E-state index is 14.2. The van der Waals surface area contributed by atoms with Gasteiger partial charge in [-0.3, -0.25) is 5.32 Å². The number of amides is 1. The molecule has 1 aliphatic rings. The molecule has 2 rings (SSSR count). The Hall–Kier alpha value is -2.25. The molecule has 1 aromatic rings. The molecule has 108 valence electrons. The van der Waals surface area contributed by atoms with Crippen molar-refractivity contribution in [1.29, 1.82) is 0 Å². The second kappa shape index (κ2) is 6.78. The minimum absolute atomic E-state index is 0.0642. The van der Waals surface area contributed by atoms with Gasteiger partial charge in [-0.25, -0.2) is 19.8 Å². The van der Waals surface area contributed by atoms with Crippen LogP contribution in [-0.2, 0) is 0 Å². The highest BCUT2D eigenvalue weighted by Gasteiger charge is 2.20. The molecule has 0 aromatic carbocycles. The number of hydrogen-bond acceptors (Lipinski definition) is 4. The second-order valence-corrected chi connectivity index (χ2v) is 4.52. The molecule has 20 heavy (non-hydrogen) atoms. The Balaban J connectivity index is 2.17. The van der Waals surface area contributed by atoms with Crippen LogP contribution in [0.15, 0.2) is 23.6 Å². The molecule has 1 fully saturated rings. The van der Waals surface area contributed by atoms with Crippen LogP contribution in [-0.4, -0.2) is 33.2 Å². The smallest absolute Gasteiger partial charge is 0.411 e. The van der Waals surface area contributed by atoms with Gasteiger partial charge in [-0.15, -0.1) is 5.12 Å². The molecule has 1 aliphatic carbocycles. The number of rotatable bonds is 2. The summed E-state index contributed by atoms with van der Waals surface area (Å²) in [5, 5.41) is 10.9. The Morgan fingerprint density at radius 2 is 2.20 bits per heavy atom. The third-order valence-electron chi connectivity index (χ3n) is 3.05. The van der Waals surface area contributed by atoms with Crippen molar-refractivity contribution < 1.29 is 14.4 Å². The lowest BCUT2D eigenvalue weighted by Crippen LogP contribution is -2.41. The van der Waals surface area contributed by atoms with Gasteiger partial charge in [0.05, 0.1) is 6.04 Å². The van der Waals surface area contributed by atoms with E-state index in [9.17, 15) is 9.28 Å². The van der Waals surface area contributed by atoms with Gasteiger partial charge in [-0.1, -0.05) is 23.7 Å². The van der Waals surface area contributed by atoms with Crippen LogP contribution in [0.3, 0.4) is 0 Å². The molecule has 1 heterocycles. The molecular formula is C12H16FN5O2. The Morgan fingerprint density at radius 3 is 2.80 bits per heavy atom. The number of nitrogens with one attached hydrogen (secondary N) is 1. The van der Waals surface area contributed by atoms with Crippen molar-refractivity contribution in [1.82, 2.24) is 15.3 Å². The van der Waals surface area contributed by atoms with Crippen molar-refractivity contribution in [2.75, 3.05) is 5.12 Å². The first kappa shape index (κ1) is 14.2. The van der Waals surface area contributed by atoms with E-state index in [4.69, 9.17) is 5.11 Å². The molecule has 2 N–H and O–H groups in total. The van der Waals surface area contributed by atoms with Crippen molar-refractivity contribution in [3.8, 4) is 0 Å². The first-order chi connectivity index (χ1) is 9.66. The van der Waals surface area contributed by atoms with E-state index >= 15 is 0 Å². The number of guanidine groups is 1. The molecular weight excluding hydrogens is 265 g/mol. The molecule has 0 saturated heterocycles. The summed E-state index contributed by atoms with van der Waals surface area (Å²) < 4.78 is 14.2. The molecule has 0 atom stereocenters. The van der Waals surface area contributed by atoms with Gasteiger partial charge in [0.25, 0.3) is 0 Å². The molecule has 0 spiro atoms. The van der Waals surface area contributed by atoms with Crippen LogP contribution in [0.1, 0.15) is 32.1 Å². The van der Waals surface area contributed by atoms with Crippen LogP contribution >= 0.6 is 0 Å². The van der Waals surface area contributed by atoms with Gasteiger partial charge < -0.3 is 5.11 Å². The predicted molar refractivity (Wildman–Crippen MR) is 71.1 cm³/mol. The number of hydrogen-bond donors (Lipinski definition) is 2. The van der Waals surface area contributed by atoms with Crippen LogP contribution in [0.4, 0.5) is 15.1 Å². The molecule has 7 nitrogen and oxygen atoms in total. The van der Waals surface area contributed by atoms with Gasteiger partial charge in [0.2, 0.25) is 5.96 Å². The van der Waals surface area contributed by atoms with Gasteiger partial charge in [0.15, 0.2) is 5.82 Å². The summed E-state index contributed by atoms with van der Waals surface area (Å²) in [6.45, 7) is 0. The van der Waals surface area contributed by atoms with Crippen molar-refractivity contribution in [3.63, 3.8) is 0 Å². The number of aromatic nitrogens is 2. The summed E-state index contributed by atoms with van der Waals surface area (Å²) in [4.78, 5) is 22.3. The largest absolute Gasteiger partial charge is 0.465 e. The first-order valence-electron chi connectivity index (χ1n) is 6.46. The average Bonchev–Trinajstić information content (AvgIpc) is 2.47. The molecule has 1 saturated carbocycles. The lowest BCUT2D eigenvalue weighted by atomic mass is 9.96. The zero-order valence-corrected chi connectivity index (χ0v) is 10.9. The number of carboxylic acid groups (broad SMARTS) is 1. The molecule has 0 bridgehead atoms. The van der Waals surface area contributed by atoms with E-state index in [1.165, 1.54) is 18.6 Å². The fourth-order valence-corrected chi connectivity index (χ4v) is 2.12. The number of carbonyl (C=O) groups is 1. The molecule has 0 aliphatic heterocycles. The number of halogens is 1. The van der Waals surface area contributed by atoms with Crippen molar-refractivity contribution >= 4 is 17.9 Å². The maximum Gasteiger partial charge on any atom is 0.411 e. The quantitative estimate of drug-likeness (QED) is 0.492. The summed E-state index contributed by atoms with van der Waals surface area (Å²) in [7, 11) is 0. The van der Waals surface area contributed by atoms with Gasteiger partial charge in [-0.05, 0) is 12.8 Å². The molecule has 1 aromatic heterocycles. The molecule has 0 unspecified atom stereocenters. The van der Waals surface area contributed by atoms with Crippen LogP contribution in [0, 0.1) is 0 Å². The summed E-state index contributed by atoms with van der Waals surface area (Å²) in [6.07, 6.45) is 6.04. The monoisotopic (exact) mass is 281 g/mol. The van der Waals surface area contributed by atoms with E-state index in [0.717, 1.165) is 32.1 Å². The fraction of sp³-hybridized carbons (Fsp3) is 0.500. The van der Waals surface area contributed by atoms with E-state index in [1.807, 2.05) is 5.32 Å². The van der Waals surface area contributed by atoms with Crippen LogP contribution in [0.25, 0.3) is 0 Å². The van der Waals surface area contributed by atoms with Crippen molar-refractivity contribution in [2.24, 2.45) is 4.99 Å². The van der Waals surface area contributed by atoms with E-state index in [-0.39, 0.29) is 22.9 Å². The minimum Gasteiger partial charge on any atom is -0.465 e. The number of aliphatic imine (C=N–C) groups is 1. The highest BCUT2D eigenvalue weighted by molar-refractivity contribution is 6.01. The highest BCUT2D eigenvalue weighted by atomic mass is 19.2. The fourth-order valence-electron chi connectivity index (χ4n) is 2.12. The summed E-state index contributed by atoms with van der Waals surface area (Å²) >= 11 is 0. The summed E-state index contributed by atoms with van der Waals surface area (Å²) in [5.41, 5.74) is 0. The molecule has 8 heteroatoms. The second-order valence-electron chi connectivity index (χ2n) is 4.52. The third-order valence-corrected chi connectivity index (χ3v) is 3.05. The zero-order chi connectivity index (χ0) is 14.4. The SMILES string of the molecule is O=C(O)NC(=NC1CCCCC1)N(F)c1ccncn1. The Labute approximate surface area is 115 Å². The van der Waals surface area contributed by atoms with E-state index in [2.05, 4.69) is 15.0 Å². The van der Waals surface area contributed by atoms with Crippen molar-refractivity contribution in [2.45, 2.75) is 38.1 Å². The predicted octanol–water partition coefficient (Wildman–Crippen LogP) is 2.12. The van der Waals surface area contributed by atoms with E-state index in [0.29, 0.717) is 0 Å². The average molecular weight is 281 g/mol. The van der Waals surface area contributed by atoms with Crippen LogP contribution in [0.2, 0.25) is 0 Å².